The predicted octanol–water partition coefficient (Wildman–Crippen LogP) is 2.66. The molecule has 1 aromatic carbocycles. The maximum Gasteiger partial charge on any atom is 0.289 e. The van der Waals surface area contributed by atoms with E-state index in [-0.39, 0.29) is 29.9 Å². The molecule has 3 heterocycles. The molecule has 2 aromatic heterocycles. The van der Waals surface area contributed by atoms with E-state index in [0.29, 0.717) is 18.8 Å². The van der Waals surface area contributed by atoms with Gasteiger partial charge in [0.1, 0.15) is 0 Å². The number of nitrogens with zero attached hydrogens (tertiary/aromatic N) is 5. The number of hydrogen-bond acceptors (Lipinski definition) is 4. The average Bonchev–Trinajstić information content (AvgIpc) is 3.50. The maximum atomic E-state index is 12.4. The fraction of sp³-hybridized carbons (Fsp3) is 0.318. The zero-order chi connectivity index (χ0) is 20.8. The molecule has 0 radical (unpaired) electrons. The van der Waals surface area contributed by atoms with Crippen LogP contribution in [-0.4, -0.2) is 71.2 Å². The second-order valence-electron chi connectivity index (χ2n) is 7.11. The molecular formula is C22H27IN6O2. The van der Waals surface area contributed by atoms with Crippen LogP contribution < -0.4 is 5.32 Å². The van der Waals surface area contributed by atoms with Crippen LogP contribution in [0.1, 0.15) is 16.1 Å². The van der Waals surface area contributed by atoms with Gasteiger partial charge >= 0.3 is 0 Å². The van der Waals surface area contributed by atoms with Crippen molar-refractivity contribution >= 4 is 35.8 Å². The van der Waals surface area contributed by atoms with Gasteiger partial charge in [-0.05, 0) is 36.2 Å². The summed E-state index contributed by atoms with van der Waals surface area (Å²) in [5, 5.41) is 7.87. The van der Waals surface area contributed by atoms with E-state index in [9.17, 15) is 4.79 Å². The number of hydrogen-bond donors (Lipinski definition) is 1. The van der Waals surface area contributed by atoms with E-state index in [4.69, 9.17) is 4.42 Å². The average molecular weight is 534 g/mol. The number of aromatic nitrogens is 2. The maximum absolute atomic E-state index is 12.4. The van der Waals surface area contributed by atoms with E-state index in [1.165, 1.54) is 6.26 Å². The molecular weight excluding hydrogens is 507 g/mol. The summed E-state index contributed by atoms with van der Waals surface area (Å²) < 4.78 is 7.11. The minimum Gasteiger partial charge on any atom is -0.459 e. The molecule has 1 fully saturated rings. The molecule has 0 unspecified atom stereocenters. The minimum atomic E-state index is -0.0574. The van der Waals surface area contributed by atoms with Gasteiger partial charge in [0.25, 0.3) is 5.91 Å². The highest BCUT2D eigenvalue weighted by Crippen LogP contribution is 2.10. The molecule has 0 aliphatic carbocycles. The molecule has 1 saturated heterocycles. The normalized spacial score (nSPS) is 14.3. The molecule has 1 amide bonds. The molecule has 1 N–H and O–H groups in total. The van der Waals surface area contributed by atoms with Gasteiger partial charge < -0.3 is 19.5 Å². The van der Waals surface area contributed by atoms with E-state index >= 15 is 0 Å². The SMILES string of the molecule is CN=C(NCCc1cnn(-c2ccccc2)c1)N1CCN(C(=O)c2ccco2)CC1.I. The largest absolute Gasteiger partial charge is 0.459 e. The Kier molecular flexibility index (Phi) is 8.10. The first kappa shape index (κ1) is 22.9. The Morgan fingerprint density at radius 1 is 1.10 bits per heavy atom. The van der Waals surface area contributed by atoms with Crippen LogP contribution in [0.4, 0.5) is 0 Å². The van der Waals surface area contributed by atoms with Crippen LogP contribution in [0.2, 0.25) is 0 Å². The number of carbonyl (C=O) groups is 1. The predicted molar refractivity (Wildman–Crippen MR) is 130 cm³/mol. The molecule has 0 atom stereocenters. The summed E-state index contributed by atoms with van der Waals surface area (Å²) in [5.41, 5.74) is 2.21. The van der Waals surface area contributed by atoms with Crippen LogP contribution in [0.5, 0.6) is 0 Å². The summed E-state index contributed by atoms with van der Waals surface area (Å²) in [7, 11) is 1.79. The van der Waals surface area contributed by atoms with Gasteiger partial charge in [0, 0.05) is 46.0 Å². The second kappa shape index (κ2) is 11.0. The van der Waals surface area contributed by atoms with Gasteiger partial charge in [0.15, 0.2) is 11.7 Å². The summed E-state index contributed by atoms with van der Waals surface area (Å²) in [6, 6.07) is 13.5. The molecule has 9 heteroatoms. The van der Waals surface area contributed by atoms with E-state index in [2.05, 4.69) is 26.5 Å². The minimum absolute atomic E-state index is 0. The van der Waals surface area contributed by atoms with Crippen molar-refractivity contribution in [2.45, 2.75) is 6.42 Å². The molecule has 0 bridgehead atoms. The standard InChI is InChI=1S/C22H26N6O2.HI/c1-23-22(27-13-11-26(12-14-27)21(29)20-8-5-15-30-20)24-10-9-18-16-25-28(17-18)19-6-3-2-4-7-19;/h2-8,15-17H,9-14H2,1H3,(H,23,24);1H. The molecule has 4 rings (SSSR count). The second-order valence-corrected chi connectivity index (χ2v) is 7.11. The molecule has 8 nitrogen and oxygen atoms in total. The summed E-state index contributed by atoms with van der Waals surface area (Å²) in [4.78, 5) is 20.8. The van der Waals surface area contributed by atoms with Crippen LogP contribution in [0, 0.1) is 0 Å². The van der Waals surface area contributed by atoms with Gasteiger partial charge in [-0.3, -0.25) is 9.79 Å². The number of halogens is 1. The van der Waals surface area contributed by atoms with Crippen molar-refractivity contribution in [3.05, 3.63) is 72.4 Å². The Hall–Kier alpha value is -2.82. The molecule has 0 spiro atoms. The van der Waals surface area contributed by atoms with Crippen molar-refractivity contribution in [2.24, 2.45) is 4.99 Å². The third kappa shape index (κ3) is 5.66. The highest BCUT2D eigenvalue weighted by Gasteiger charge is 2.25. The van der Waals surface area contributed by atoms with Crippen LogP contribution in [-0.2, 0) is 6.42 Å². The Morgan fingerprint density at radius 2 is 1.84 bits per heavy atom. The van der Waals surface area contributed by atoms with Gasteiger partial charge in [-0.25, -0.2) is 4.68 Å². The van der Waals surface area contributed by atoms with E-state index < -0.39 is 0 Å². The zero-order valence-corrected chi connectivity index (χ0v) is 19.8. The number of carbonyl (C=O) groups excluding carboxylic acids is 1. The quantitative estimate of drug-likeness (QED) is 0.310. The number of rotatable bonds is 5. The zero-order valence-electron chi connectivity index (χ0n) is 17.5. The number of aliphatic imine (C=N–C) groups is 1. The van der Waals surface area contributed by atoms with Gasteiger partial charge in [0.05, 0.1) is 18.1 Å². The number of guanidine groups is 1. The first-order valence-corrected chi connectivity index (χ1v) is 10.1. The first-order valence-electron chi connectivity index (χ1n) is 10.1. The van der Waals surface area contributed by atoms with E-state index in [1.54, 1.807) is 19.2 Å². The summed E-state index contributed by atoms with van der Waals surface area (Å²) in [5.74, 6) is 1.19. The van der Waals surface area contributed by atoms with Crippen molar-refractivity contribution in [3.63, 3.8) is 0 Å². The van der Waals surface area contributed by atoms with Crippen LogP contribution in [0.25, 0.3) is 5.69 Å². The Bertz CT molecular complexity index is 979. The lowest BCUT2D eigenvalue weighted by Gasteiger charge is -2.36. The molecule has 1 aliphatic heterocycles. The number of benzene rings is 1. The van der Waals surface area contributed by atoms with Crippen LogP contribution in [0.3, 0.4) is 0 Å². The van der Waals surface area contributed by atoms with Crippen molar-refractivity contribution in [3.8, 4) is 5.69 Å². The van der Waals surface area contributed by atoms with Crippen LogP contribution in [0.15, 0.2) is 70.5 Å². The smallest absolute Gasteiger partial charge is 0.289 e. The van der Waals surface area contributed by atoms with Gasteiger partial charge in [-0.15, -0.1) is 24.0 Å². The highest BCUT2D eigenvalue weighted by molar-refractivity contribution is 14.0. The Morgan fingerprint density at radius 3 is 2.52 bits per heavy atom. The lowest BCUT2D eigenvalue weighted by Crippen LogP contribution is -2.53. The molecule has 3 aromatic rings. The van der Waals surface area contributed by atoms with Gasteiger partial charge in [-0.1, -0.05) is 18.2 Å². The lowest BCUT2D eigenvalue weighted by atomic mass is 10.2. The monoisotopic (exact) mass is 534 g/mol. The first-order chi connectivity index (χ1) is 14.7. The van der Waals surface area contributed by atoms with Crippen molar-refractivity contribution in [1.82, 2.24) is 24.9 Å². The summed E-state index contributed by atoms with van der Waals surface area (Å²) in [6.07, 6.45) is 6.33. The number of para-hydroxylation sites is 1. The number of piperazine rings is 1. The number of furan rings is 1. The number of nitrogens with one attached hydrogen (secondary N) is 1. The Balaban J connectivity index is 0.00000272. The molecule has 31 heavy (non-hydrogen) atoms. The Labute approximate surface area is 198 Å². The van der Waals surface area contributed by atoms with E-state index in [0.717, 1.165) is 43.3 Å². The van der Waals surface area contributed by atoms with Gasteiger partial charge in [0.2, 0.25) is 0 Å². The van der Waals surface area contributed by atoms with Crippen molar-refractivity contribution < 1.29 is 9.21 Å². The number of amides is 1. The van der Waals surface area contributed by atoms with E-state index in [1.807, 2.05) is 46.1 Å². The highest BCUT2D eigenvalue weighted by atomic mass is 127. The molecule has 0 saturated carbocycles. The van der Waals surface area contributed by atoms with Crippen molar-refractivity contribution in [2.75, 3.05) is 39.8 Å². The molecule has 1 aliphatic rings. The fourth-order valence-electron chi connectivity index (χ4n) is 3.54. The van der Waals surface area contributed by atoms with Crippen LogP contribution >= 0.6 is 24.0 Å². The topological polar surface area (TPSA) is 78.9 Å². The van der Waals surface area contributed by atoms with Gasteiger partial charge in [-0.2, -0.15) is 5.10 Å². The third-order valence-corrected chi connectivity index (χ3v) is 5.16. The lowest BCUT2D eigenvalue weighted by molar-refractivity contribution is 0.0658. The fourth-order valence-corrected chi connectivity index (χ4v) is 3.54. The van der Waals surface area contributed by atoms with Crippen molar-refractivity contribution in [1.29, 1.82) is 0 Å². The summed E-state index contributed by atoms with van der Waals surface area (Å²) >= 11 is 0. The molecule has 164 valence electrons. The third-order valence-electron chi connectivity index (χ3n) is 5.16. The summed E-state index contributed by atoms with van der Waals surface area (Å²) in [6.45, 7) is 3.52.